The van der Waals surface area contributed by atoms with Gasteiger partial charge in [0.05, 0.1) is 0 Å². The van der Waals surface area contributed by atoms with E-state index in [1.165, 1.54) is 25.1 Å². The van der Waals surface area contributed by atoms with Crippen molar-refractivity contribution in [2.24, 2.45) is 0 Å². The second kappa shape index (κ2) is 5.83. The van der Waals surface area contributed by atoms with Crippen molar-refractivity contribution in [2.75, 3.05) is 6.61 Å². The molecule has 1 aromatic carbocycles. The minimum atomic E-state index is -1.15. The first kappa shape index (κ1) is 13.0. The lowest BCUT2D eigenvalue weighted by Gasteiger charge is -2.10. The summed E-state index contributed by atoms with van der Waals surface area (Å²) in [4.78, 5) is 21.7. The van der Waals surface area contributed by atoms with Gasteiger partial charge in [-0.3, -0.25) is 9.59 Å². The molecule has 1 unspecified atom stereocenters. The van der Waals surface area contributed by atoms with E-state index in [2.05, 4.69) is 5.32 Å². The normalized spacial score (nSPS) is 11.6. The highest BCUT2D eigenvalue weighted by Crippen LogP contribution is 2.14. The van der Waals surface area contributed by atoms with Gasteiger partial charge in [0, 0.05) is 0 Å². The van der Waals surface area contributed by atoms with E-state index in [0.29, 0.717) is 0 Å². The fraction of sp³-hybridized carbons (Fsp3) is 0.273. The second-order valence-corrected chi connectivity index (χ2v) is 3.35. The largest absolute Gasteiger partial charge is 0.481 e. The van der Waals surface area contributed by atoms with E-state index in [4.69, 9.17) is 9.84 Å². The maximum Gasteiger partial charge on any atom is 0.325 e. The number of rotatable bonds is 5. The van der Waals surface area contributed by atoms with E-state index in [1.807, 2.05) is 0 Å². The summed E-state index contributed by atoms with van der Waals surface area (Å²) < 4.78 is 18.0. The van der Waals surface area contributed by atoms with Crippen molar-refractivity contribution < 1.29 is 23.8 Å². The number of hydrogen-bond acceptors (Lipinski definition) is 3. The highest BCUT2D eigenvalue weighted by molar-refractivity contribution is 5.84. The highest BCUT2D eigenvalue weighted by atomic mass is 19.1. The molecule has 0 aliphatic rings. The first-order valence-electron chi connectivity index (χ1n) is 4.90. The zero-order chi connectivity index (χ0) is 12.8. The van der Waals surface area contributed by atoms with Gasteiger partial charge in [-0.25, -0.2) is 4.39 Å². The Labute approximate surface area is 97.2 Å². The number of benzene rings is 1. The van der Waals surface area contributed by atoms with Crippen LogP contribution in [-0.4, -0.2) is 29.6 Å². The van der Waals surface area contributed by atoms with Crippen molar-refractivity contribution in [1.82, 2.24) is 5.32 Å². The molecule has 0 aliphatic carbocycles. The number of carbonyl (C=O) groups excluding carboxylic acids is 1. The molecule has 92 valence electrons. The van der Waals surface area contributed by atoms with Crippen LogP contribution in [0.1, 0.15) is 6.92 Å². The molecule has 1 aromatic rings. The van der Waals surface area contributed by atoms with Gasteiger partial charge >= 0.3 is 5.97 Å². The number of carboxylic acids is 1. The van der Waals surface area contributed by atoms with Crippen LogP contribution in [0.15, 0.2) is 24.3 Å². The monoisotopic (exact) mass is 241 g/mol. The van der Waals surface area contributed by atoms with Gasteiger partial charge in [-0.1, -0.05) is 12.1 Å². The van der Waals surface area contributed by atoms with Crippen molar-refractivity contribution in [2.45, 2.75) is 13.0 Å². The molecular formula is C11H12FNO4. The molecule has 5 nitrogen and oxygen atoms in total. The van der Waals surface area contributed by atoms with Crippen LogP contribution in [0, 0.1) is 5.82 Å². The van der Waals surface area contributed by atoms with Gasteiger partial charge in [-0.15, -0.1) is 0 Å². The summed E-state index contributed by atoms with van der Waals surface area (Å²) in [6.07, 6.45) is 0. The molecule has 0 aliphatic heterocycles. The Balaban J connectivity index is 2.44. The first-order chi connectivity index (χ1) is 8.00. The standard InChI is InChI=1S/C11H12FNO4/c1-7(11(15)16)13-10(14)6-17-9-5-3-2-4-8(9)12/h2-5,7H,6H2,1H3,(H,13,14)(H,15,16). The fourth-order valence-corrected chi connectivity index (χ4v) is 1.05. The molecular weight excluding hydrogens is 229 g/mol. The van der Waals surface area contributed by atoms with Crippen LogP contribution in [0.5, 0.6) is 5.75 Å². The molecule has 17 heavy (non-hydrogen) atoms. The predicted octanol–water partition coefficient (Wildman–Crippen LogP) is 0.794. The molecule has 1 atom stereocenters. The van der Waals surface area contributed by atoms with Crippen LogP contribution in [0.2, 0.25) is 0 Å². The minimum Gasteiger partial charge on any atom is -0.481 e. The quantitative estimate of drug-likeness (QED) is 0.799. The SMILES string of the molecule is CC(NC(=O)COc1ccccc1F)C(=O)O. The van der Waals surface area contributed by atoms with E-state index in [0.717, 1.165) is 0 Å². The molecule has 1 amide bonds. The van der Waals surface area contributed by atoms with Crippen LogP contribution < -0.4 is 10.1 Å². The summed E-state index contributed by atoms with van der Waals surface area (Å²) >= 11 is 0. The molecule has 2 N–H and O–H groups in total. The number of carbonyl (C=O) groups is 2. The number of halogens is 1. The Kier molecular flexibility index (Phi) is 4.45. The number of ether oxygens (including phenoxy) is 1. The van der Waals surface area contributed by atoms with Crippen LogP contribution >= 0.6 is 0 Å². The minimum absolute atomic E-state index is 0.0503. The van der Waals surface area contributed by atoms with E-state index >= 15 is 0 Å². The van der Waals surface area contributed by atoms with Gasteiger partial charge in [0.25, 0.3) is 5.91 Å². The van der Waals surface area contributed by atoms with Crippen LogP contribution in [0.3, 0.4) is 0 Å². The van der Waals surface area contributed by atoms with Gasteiger partial charge in [-0.05, 0) is 19.1 Å². The molecule has 1 rings (SSSR count). The molecule has 0 aromatic heterocycles. The number of amides is 1. The Hall–Kier alpha value is -2.11. The lowest BCUT2D eigenvalue weighted by molar-refractivity contribution is -0.141. The average Bonchev–Trinajstić information content (AvgIpc) is 2.27. The molecule has 0 spiro atoms. The van der Waals surface area contributed by atoms with E-state index < -0.39 is 30.3 Å². The summed E-state index contributed by atoms with van der Waals surface area (Å²) in [5, 5.41) is 10.7. The zero-order valence-electron chi connectivity index (χ0n) is 9.14. The Bertz CT molecular complexity index is 422. The van der Waals surface area contributed by atoms with Gasteiger partial charge < -0.3 is 15.2 Å². The number of carboxylic acid groups (broad SMARTS) is 1. The van der Waals surface area contributed by atoms with Crippen molar-refractivity contribution in [3.8, 4) is 5.75 Å². The lowest BCUT2D eigenvalue weighted by atomic mass is 10.3. The molecule has 0 radical (unpaired) electrons. The number of para-hydroxylation sites is 1. The molecule has 0 fully saturated rings. The third-order valence-electron chi connectivity index (χ3n) is 1.94. The summed E-state index contributed by atoms with van der Waals surface area (Å²) in [7, 11) is 0. The molecule has 0 bridgehead atoms. The third-order valence-corrected chi connectivity index (χ3v) is 1.94. The van der Waals surface area contributed by atoms with Crippen molar-refractivity contribution in [3.05, 3.63) is 30.1 Å². The third kappa shape index (κ3) is 4.10. The van der Waals surface area contributed by atoms with E-state index in [-0.39, 0.29) is 5.75 Å². The fourth-order valence-electron chi connectivity index (χ4n) is 1.05. The van der Waals surface area contributed by atoms with Crippen LogP contribution in [0.25, 0.3) is 0 Å². The predicted molar refractivity (Wildman–Crippen MR) is 57.1 cm³/mol. The highest BCUT2D eigenvalue weighted by Gasteiger charge is 2.14. The molecule has 0 heterocycles. The van der Waals surface area contributed by atoms with E-state index in [9.17, 15) is 14.0 Å². The smallest absolute Gasteiger partial charge is 0.325 e. The van der Waals surface area contributed by atoms with Gasteiger partial charge in [0.1, 0.15) is 6.04 Å². The molecule has 0 saturated heterocycles. The number of hydrogen-bond donors (Lipinski definition) is 2. The van der Waals surface area contributed by atoms with Gasteiger partial charge in [0.15, 0.2) is 18.2 Å². The van der Waals surface area contributed by atoms with Crippen molar-refractivity contribution >= 4 is 11.9 Å². The Morgan fingerprint density at radius 1 is 1.47 bits per heavy atom. The van der Waals surface area contributed by atoms with E-state index in [1.54, 1.807) is 6.07 Å². The lowest BCUT2D eigenvalue weighted by Crippen LogP contribution is -2.40. The topological polar surface area (TPSA) is 75.6 Å². The van der Waals surface area contributed by atoms with Crippen molar-refractivity contribution in [1.29, 1.82) is 0 Å². The Morgan fingerprint density at radius 3 is 2.71 bits per heavy atom. The number of aliphatic carboxylic acids is 1. The van der Waals surface area contributed by atoms with Gasteiger partial charge in [0.2, 0.25) is 0 Å². The maximum atomic E-state index is 13.1. The van der Waals surface area contributed by atoms with Crippen LogP contribution in [0.4, 0.5) is 4.39 Å². The summed E-state index contributed by atoms with van der Waals surface area (Å²) in [5.41, 5.74) is 0. The second-order valence-electron chi connectivity index (χ2n) is 3.35. The Morgan fingerprint density at radius 2 is 2.12 bits per heavy atom. The van der Waals surface area contributed by atoms with Crippen LogP contribution in [-0.2, 0) is 9.59 Å². The average molecular weight is 241 g/mol. The summed E-state index contributed by atoms with van der Waals surface area (Å²) in [6.45, 7) is 0.891. The number of nitrogens with one attached hydrogen (secondary N) is 1. The summed E-state index contributed by atoms with van der Waals surface area (Å²) in [5.74, 6) is -2.40. The maximum absolute atomic E-state index is 13.1. The first-order valence-corrected chi connectivity index (χ1v) is 4.90. The molecule has 6 heteroatoms. The molecule has 0 saturated carbocycles. The summed E-state index contributed by atoms with van der Waals surface area (Å²) in [6, 6.07) is 4.63. The zero-order valence-corrected chi connectivity index (χ0v) is 9.14. The van der Waals surface area contributed by atoms with Gasteiger partial charge in [-0.2, -0.15) is 0 Å². The van der Waals surface area contributed by atoms with Crippen molar-refractivity contribution in [3.63, 3.8) is 0 Å².